The molecule has 18 heavy (non-hydrogen) atoms. The van der Waals surface area contributed by atoms with Gasteiger partial charge in [0.15, 0.2) is 5.13 Å². The highest BCUT2D eigenvalue weighted by Crippen LogP contribution is 2.21. The van der Waals surface area contributed by atoms with Crippen LogP contribution in [0.1, 0.15) is 16.1 Å². The minimum Gasteiger partial charge on any atom is -0.444 e. The Balaban J connectivity index is 1.86. The van der Waals surface area contributed by atoms with Crippen molar-refractivity contribution in [1.29, 1.82) is 0 Å². The van der Waals surface area contributed by atoms with Gasteiger partial charge >= 0.3 is 6.09 Å². The number of carbonyl (C=O) groups excluding carboxylic acids is 1. The number of amides is 1. The number of carbonyl (C=O) groups is 1. The molecule has 1 amide bonds. The highest BCUT2D eigenvalue weighted by atomic mass is 32.1. The SMILES string of the molecule is Cc1nc(NC(=O)OCc2ccccc2)sc1C. The normalized spacial score (nSPS) is 10.1. The second-order valence-corrected chi connectivity index (χ2v) is 5.05. The molecule has 0 aliphatic rings. The summed E-state index contributed by atoms with van der Waals surface area (Å²) in [4.78, 5) is 16.8. The maximum Gasteiger partial charge on any atom is 0.413 e. The molecule has 2 aromatic rings. The van der Waals surface area contributed by atoms with E-state index >= 15 is 0 Å². The van der Waals surface area contributed by atoms with Gasteiger partial charge in [-0.1, -0.05) is 30.3 Å². The maximum atomic E-state index is 11.5. The van der Waals surface area contributed by atoms with Crippen molar-refractivity contribution in [1.82, 2.24) is 4.98 Å². The van der Waals surface area contributed by atoms with Crippen LogP contribution in [0.5, 0.6) is 0 Å². The van der Waals surface area contributed by atoms with Crippen molar-refractivity contribution in [2.24, 2.45) is 0 Å². The fourth-order valence-corrected chi connectivity index (χ4v) is 2.17. The number of hydrogen-bond donors (Lipinski definition) is 1. The lowest BCUT2D eigenvalue weighted by Gasteiger charge is -2.04. The third-order valence-corrected chi connectivity index (χ3v) is 3.44. The standard InChI is InChI=1S/C13H14N2O2S/c1-9-10(2)18-12(14-9)15-13(16)17-8-11-6-4-3-5-7-11/h3-7H,8H2,1-2H3,(H,14,15,16). The van der Waals surface area contributed by atoms with Gasteiger partial charge in [0.25, 0.3) is 0 Å². The zero-order valence-electron chi connectivity index (χ0n) is 10.3. The molecule has 1 N–H and O–H groups in total. The van der Waals surface area contributed by atoms with Gasteiger partial charge in [-0.05, 0) is 19.4 Å². The number of thiazole rings is 1. The lowest BCUT2D eigenvalue weighted by atomic mass is 10.2. The van der Waals surface area contributed by atoms with Crippen LogP contribution in [0.4, 0.5) is 9.93 Å². The van der Waals surface area contributed by atoms with Gasteiger partial charge in [-0.3, -0.25) is 5.32 Å². The van der Waals surface area contributed by atoms with Gasteiger partial charge < -0.3 is 4.74 Å². The van der Waals surface area contributed by atoms with Crippen molar-refractivity contribution >= 4 is 22.6 Å². The first-order valence-electron chi connectivity index (χ1n) is 5.57. The molecular weight excluding hydrogens is 248 g/mol. The van der Waals surface area contributed by atoms with Gasteiger partial charge in [-0.2, -0.15) is 0 Å². The van der Waals surface area contributed by atoms with Crippen LogP contribution >= 0.6 is 11.3 Å². The molecule has 0 spiro atoms. The van der Waals surface area contributed by atoms with E-state index in [1.165, 1.54) is 11.3 Å². The van der Waals surface area contributed by atoms with Crippen LogP contribution in [-0.4, -0.2) is 11.1 Å². The van der Waals surface area contributed by atoms with E-state index in [1.807, 2.05) is 44.2 Å². The molecule has 0 aliphatic carbocycles. The lowest BCUT2D eigenvalue weighted by Crippen LogP contribution is -2.13. The average Bonchev–Trinajstić information content (AvgIpc) is 2.67. The molecule has 94 valence electrons. The van der Waals surface area contributed by atoms with Gasteiger partial charge in [0, 0.05) is 4.88 Å². The predicted octanol–water partition coefficient (Wildman–Crippen LogP) is 3.51. The molecule has 1 aromatic heterocycles. The molecule has 4 nitrogen and oxygen atoms in total. The third-order valence-electron chi connectivity index (χ3n) is 2.45. The predicted molar refractivity (Wildman–Crippen MR) is 71.8 cm³/mol. The molecule has 0 saturated carbocycles. The number of ether oxygens (including phenoxy) is 1. The van der Waals surface area contributed by atoms with Crippen LogP contribution in [0.3, 0.4) is 0 Å². The first-order valence-corrected chi connectivity index (χ1v) is 6.38. The maximum absolute atomic E-state index is 11.5. The largest absolute Gasteiger partial charge is 0.444 e. The molecule has 0 radical (unpaired) electrons. The lowest BCUT2D eigenvalue weighted by molar-refractivity contribution is 0.155. The van der Waals surface area contributed by atoms with Gasteiger partial charge in [0.1, 0.15) is 6.61 Å². The van der Waals surface area contributed by atoms with Crippen LogP contribution in [-0.2, 0) is 11.3 Å². The smallest absolute Gasteiger partial charge is 0.413 e. The molecular formula is C13H14N2O2S. The van der Waals surface area contributed by atoms with E-state index in [0.29, 0.717) is 5.13 Å². The second-order valence-electron chi connectivity index (χ2n) is 3.85. The molecule has 0 bridgehead atoms. The number of rotatable bonds is 3. The molecule has 2 rings (SSSR count). The van der Waals surface area contributed by atoms with Crippen molar-refractivity contribution < 1.29 is 9.53 Å². The highest BCUT2D eigenvalue weighted by Gasteiger charge is 2.08. The number of aryl methyl sites for hydroxylation is 2. The van der Waals surface area contributed by atoms with Crippen LogP contribution < -0.4 is 5.32 Å². The topological polar surface area (TPSA) is 51.2 Å². The van der Waals surface area contributed by atoms with E-state index in [4.69, 9.17) is 4.74 Å². The van der Waals surface area contributed by atoms with Crippen molar-refractivity contribution in [2.75, 3.05) is 5.32 Å². The molecule has 0 aliphatic heterocycles. The molecule has 0 unspecified atom stereocenters. The van der Waals surface area contributed by atoms with Crippen molar-refractivity contribution in [2.45, 2.75) is 20.5 Å². The Morgan fingerprint density at radius 1 is 1.33 bits per heavy atom. The third kappa shape index (κ3) is 3.30. The van der Waals surface area contributed by atoms with Gasteiger partial charge in [-0.25, -0.2) is 9.78 Å². The summed E-state index contributed by atoms with van der Waals surface area (Å²) >= 11 is 1.44. The van der Waals surface area contributed by atoms with E-state index in [9.17, 15) is 4.79 Å². The molecule has 0 saturated heterocycles. The summed E-state index contributed by atoms with van der Waals surface area (Å²) in [5.41, 5.74) is 1.89. The number of anilines is 1. The first kappa shape index (κ1) is 12.6. The van der Waals surface area contributed by atoms with Crippen LogP contribution in [0.15, 0.2) is 30.3 Å². The Kier molecular flexibility index (Phi) is 3.94. The summed E-state index contributed by atoms with van der Waals surface area (Å²) in [6.45, 7) is 4.13. The van der Waals surface area contributed by atoms with Gasteiger partial charge in [-0.15, -0.1) is 11.3 Å². The highest BCUT2D eigenvalue weighted by molar-refractivity contribution is 7.15. The molecule has 0 atom stereocenters. The molecule has 5 heteroatoms. The quantitative estimate of drug-likeness (QED) is 0.921. The van der Waals surface area contributed by atoms with Gasteiger partial charge in [0.05, 0.1) is 5.69 Å². The Morgan fingerprint density at radius 2 is 2.06 bits per heavy atom. The number of hydrogen-bond acceptors (Lipinski definition) is 4. The van der Waals surface area contributed by atoms with E-state index in [-0.39, 0.29) is 6.61 Å². The average molecular weight is 262 g/mol. The zero-order valence-corrected chi connectivity index (χ0v) is 11.1. The van der Waals surface area contributed by atoms with E-state index < -0.39 is 6.09 Å². The number of benzene rings is 1. The van der Waals surface area contributed by atoms with E-state index in [0.717, 1.165) is 16.1 Å². The molecule has 1 aromatic carbocycles. The molecule has 1 heterocycles. The Morgan fingerprint density at radius 3 is 2.67 bits per heavy atom. The monoisotopic (exact) mass is 262 g/mol. The van der Waals surface area contributed by atoms with Crippen LogP contribution in [0.2, 0.25) is 0 Å². The van der Waals surface area contributed by atoms with E-state index in [2.05, 4.69) is 10.3 Å². The van der Waals surface area contributed by atoms with Crippen molar-refractivity contribution in [3.05, 3.63) is 46.5 Å². The van der Waals surface area contributed by atoms with Crippen LogP contribution in [0, 0.1) is 13.8 Å². The summed E-state index contributed by atoms with van der Waals surface area (Å²) in [6, 6.07) is 9.55. The fourth-order valence-electron chi connectivity index (χ4n) is 1.37. The number of nitrogens with one attached hydrogen (secondary N) is 1. The Labute approximate surface area is 110 Å². The summed E-state index contributed by atoms with van der Waals surface area (Å²) in [5, 5.41) is 3.19. The van der Waals surface area contributed by atoms with Crippen molar-refractivity contribution in [3.63, 3.8) is 0 Å². The summed E-state index contributed by atoms with van der Waals surface area (Å²) in [7, 11) is 0. The fraction of sp³-hybridized carbons (Fsp3) is 0.231. The van der Waals surface area contributed by atoms with Gasteiger partial charge in [0.2, 0.25) is 0 Å². The zero-order chi connectivity index (χ0) is 13.0. The number of nitrogens with zero attached hydrogens (tertiary/aromatic N) is 1. The summed E-state index contributed by atoms with van der Waals surface area (Å²) in [6.07, 6.45) is -0.479. The minimum atomic E-state index is -0.479. The Hall–Kier alpha value is -1.88. The molecule has 0 fully saturated rings. The van der Waals surface area contributed by atoms with E-state index in [1.54, 1.807) is 0 Å². The Bertz CT molecular complexity index is 518. The number of aromatic nitrogens is 1. The van der Waals surface area contributed by atoms with Crippen molar-refractivity contribution in [3.8, 4) is 0 Å². The summed E-state index contributed by atoms with van der Waals surface area (Å²) < 4.78 is 5.10. The minimum absolute atomic E-state index is 0.260. The second kappa shape index (κ2) is 5.64. The summed E-state index contributed by atoms with van der Waals surface area (Å²) in [5.74, 6) is 0. The van der Waals surface area contributed by atoms with Crippen LogP contribution in [0.25, 0.3) is 0 Å². The first-order chi connectivity index (χ1) is 8.65.